The molecule has 3 N–H and O–H groups in total. The average Bonchev–Trinajstić information content (AvgIpc) is 2.28. The van der Waals surface area contributed by atoms with E-state index in [0.29, 0.717) is 12.8 Å². The first-order valence-electron chi connectivity index (χ1n) is 5.72. The van der Waals surface area contributed by atoms with Gasteiger partial charge in [0.1, 0.15) is 5.54 Å². The molecular formula is C11H20N2O5. The van der Waals surface area contributed by atoms with E-state index in [4.69, 9.17) is 5.11 Å². The van der Waals surface area contributed by atoms with Crippen LogP contribution in [0.1, 0.15) is 33.1 Å². The predicted octanol–water partition coefficient (Wildman–Crippen LogP) is 0.492. The van der Waals surface area contributed by atoms with Gasteiger partial charge in [-0.05, 0) is 13.3 Å². The summed E-state index contributed by atoms with van der Waals surface area (Å²) in [4.78, 5) is 33.3. The number of amides is 2. The van der Waals surface area contributed by atoms with Crippen LogP contribution in [0.3, 0.4) is 0 Å². The first-order chi connectivity index (χ1) is 8.35. The Kier molecular flexibility index (Phi) is 6.77. The van der Waals surface area contributed by atoms with Crippen molar-refractivity contribution in [2.45, 2.75) is 38.6 Å². The molecule has 104 valence electrons. The first-order valence-corrected chi connectivity index (χ1v) is 5.72. The third-order valence-corrected chi connectivity index (χ3v) is 2.45. The van der Waals surface area contributed by atoms with Crippen LogP contribution in [-0.2, 0) is 14.3 Å². The Labute approximate surface area is 106 Å². The van der Waals surface area contributed by atoms with Crippen LogP contribution in [0.15, 0.2) is 0 Å². The largest absolute Gasteiger partial charge is 0.480 e. The number of rotatable bonds is 7. The molecule has 1 unspecified atom stereocenters. The SMILES string of the molecule is CCCC(C)(NC(=O)NCCC(=O)OC)C(=O)O. The van der Waals surface area contributed by atoms with Gasteiger partial charge in [-0.3, -0.25) is 4.79 Å². The number of hydrogen-bond acceptors (Lipinski definition) is 4. The molecule has 18 heavy (non-hydrogen) atoms. The van der Waals surface area contributed by atoms with Gasteiger partial charge in [-0.25, -0.2) is 9.59 Å². The van der Waals surface area contributed by atoms with Gasteiger partial charge >= 0.3 is 18.0 Å². The number of carboxylic acid groups (broad SMARTS) is 1. The van der Waals surface area contributed by atoms with Crippen LogP contribution in [0.5, 0.6) is 0 Å². The fourth-order valence-corrected chi connectivity index (χ4v) is 1.40. The Morgan fingerprint density at radius 2 is 1.94 bits per heavy atom. The molecule has 0 heterocycles. The number of carboxylic acids is 1. The second-order valence-corrected chi connectivity index (χ2v) is 4.09. The highest BCUT2D eigenvalue weighted by Gasteiger charge is 2.33. The van der Waals surface area contributed by atoms with Crippen LogP contribution < -0.4 is 10.6 Å². The van der Waals surface area contributed by atoms with Gasteiger partial charge in [0, 0.05) is 6.54 Å². The zero-order valence-corrected chi connectivity index (χ0v) is 10.9. The van der Waals surface area contributed by atoms with Gasteiger partial charge in [0.2, 0.25) is 0 Å². The predicted molar refractivity (Wildman–Crippen MR) is 64.1 cm³/mol. The molecule has 1 atom stereocenters. The molecule has 0 aromatic carbocycles. The van der Waals surface area contributed by atoms with Gasteiger partial charge in [0.25, 0.3) is 0 Å². The summed E-state index contributed by atoms with van der Waals surface area (Å²) in [5.74, 6) is -1.53. The van der Waals surface area contributed by atoms with Gasteiger partial charge in [0.15, 0.2) is 0 Å². The van der Waals surface area contributed by atoms with Crippen LogP contribution in [0, 0.1) is 0 Å². The van der Waals surface area contributed by atoms with Crippen molar-refractivity contribution in [2.75, 3.05) is 13.7 Å². The minimum absolute atomic E-state index is 0.0431. The fraction of sp³-hybridized carbons (Fsp3) is 0.727. The standard InChI is InChI=1S/C11H20N2O5/c1-4-6-11(2,9(15)16)13-10(17)12-7-5-8(14)18-3/h4-7H2,1-3H3,(H,15,16)(H2,12,13,17). The van der Waals surface area contributed by atoms with E-state index >= 15 is 0 Å². The van der Waals surface area contributed by atoms with Gasteiger partial charge in [-0.15, -0.1) is 0 Å². The highest BCUT2D eigenvalue weighted by molar-refractivity contribution is 5.86. The Morgan fingerprint density at radius 3 is 2.39 bits per heavy atom. The van der Waals surface area contributed by atoms with E-state index < -0.39 is 23.5 Å². The molecule has 0 aliphatic rings. The van der Waals surface area contributed by atoms with E-state index in [9.17, 15) is 14.4 Å². The summed E-state index contributed by atoms with van der Waals surface area (Å²) in [5, 5.41) is 13.8. The summed E-state index contributed by atoms with van der Waals surface area (Å²) in [6.45, 7) is 3.37. The van der Waals surface area contributed by atoms with E-state index in [0.717, 1.165) is 0 Å². The molecule has 0 saturated heterocycles. The van der Waals surface area contributed by atoms with Crippen molar-refractivity contribution < 1.29 is 24.2 Å². The molecule has 0 spiro atoms. The summed E-state index contributed by atoms with van der Waals surface area (Å²) in [6.07, 6.45) is 0.999. The monoisotopic (exact) mass is 260 g/mol. The average molecular weight is 260 g/mol. The number of urea groups is 1. The molecule has 7 heteroatoms. The van der Waals surface area contributed by atoms with Crippen molar-refractivity contribution >= 4 is 18.0 Å². The minimum atomic E-state index is -1.30. The van der Waals surface area contributed by atoms with E-state index in [-0.39, 0.29) is 13.0 Å². The van der Waals surface area contributed by atoms with E-state index in [1.165, 1.54) is 14.0 Å². The Hall–Kier alpha value is -1.79. The topological polar surface area (TPSA) is 105 Å². The van der Waals surface area contributed by atoms with Crippen LogP contribution in [-0.4, -0.2) is 42.3 Å². The number of hydrogen-bond donors (Lipinski definition) is 3. The summed E-state index contributed by atoms with van der Waals surface area (Å²) in [7, 11) is 1.26. The molecule has 0 saturated carbocycles. The lowest BCUT2D eigenvalue weighted by atomic mass is 9.97. The first kappa shape index (κ1) is 16.2. The van der Waals surface area contributed by atoms with Crippen molar-refractivity contribution in [3.05, 3.63) is 0 Å². The maximum atomic E-state index is 11.5. The Bertz CT molecular complexity index is 319. The smallest absolute Gasteiger partial charge is 0.329 e. The molecule has 0 radical (unpaired) electrons. The number of nitrogens with one attached hydrogen (secondary N) is 2. The van der Waals surface area contributed by atoms with Crippen LogP contribution >= 0.6 is 0 Å². The van der Waals surface area contributed by atoms with Crippen molar-refractivity contribution in [3.63, 3.8) is 0 Å². The molecule has 2 amide bonds. The fourth-order valence-electron chi connectivity index (χ4n) is 1.40. The molecule has 0 aliphatic carbocycles. The van der Waals surface area contributed by atoms with Crippen LogP contribution in [0.2, 0.25) is 0 Å². The quantitative estimate of drug-likeness (QED) is 0.578. The number of carbonyl (C=O) groups excluding carboxylic acids is 2. The van der Waals surface area contributed by atoms with Crippen molar-refractivity contribution in [3.8, 4) is 0 Å². The summed E-state index contributed by atoms with van der Waals surface area (Å²) in [6, 6.07) is -0.614. The van der Waals surface area contributed by atoms with Gasteiger partial charge < -0.3 is 20.5 Å². The maximum Gasteiger partial charge on any atom is 0.329 e. The van der Waals surface area contributed by atoms with E-state index in [2.05, 4.69) is 15.4 Å². The van der Waals surface area contributed by atoms with Gasteiger partial charge in [0.05, 0.1) is 13.5 Å². The van der Waals surface area contributed by atoms with Gasteiger partial charge in [-0.2, -0.15) is 0 Å². The number of methoxy groups -OCH3 is 1. The zero-order chi connectivity index (χ0) is 14.2. The summed E-state index contributed by atoms with van der Waals surface area (Å²) >= 11 is 0. The van der Waals surface area contributed by atoms with Crippen molar-refractivity contribution in [1.29, 1.82) is 0 Å². The molecule has 0 aromatic heterocycles. The molecule has 7 nitrogen and oxygen atoms in total. The minimum Gasteiger partial charge on any atom is -0.480 e. The molecule has 0 aliphatic heterocycles. The van der Waals surface area contributed by atoms with E-state index in [1.54, 1.807) is 0 Å². The van der Waals surface area contributed by atoms with Crippen molar-refractivity contribution in [2.24, 2.45) is 0 Å². The van der Waals surface area contributed by atoms with E-state index in [1.807, 2.05) is 6.92 Å². The summed E-state index contributed by atoms with van der Waals surface area (Å²) < 4.78 is 4.40. The second-order valence-electron chi connectivity index (χ2n) is 4.09. The molecule has 0 fully saturated rings. The number of ether oxygens (including phenoxy) is 1. The number of esters is 1. The zero-order valence-electron chi connectivity index (χ0n) is 10.9. The lowest BCUT2D eigenvalue weighted by molar-refractivity contribution is -0.144. The molecule has 0 bridgehead atoms. The molecule has 0 aromatic rings. The second kappa shape index (κ2) is 7.52. The van der Waals surface area contributed by atoms with Crippen LogP contribution in [0.4, 0.5) is 4.79 Å². The number of carbonyl (C=O) groups is 3. The molecule has 0 rings (SSSR count). The van der Waals surface area contributed by atoms with Gasteiger partial charge in [-0.1, -0.05) is 13.3 Å². The maximum absolute atomic E-state index is 11.5. The Balaban J connectivity index is 4.19. The lowest BCUT2D eigenvalue weighted by Gasteiger charge is -2.25. The highest BCUT2D eigenvalue weighted by Crippen LogP contribution is 2.12. The molecular weight excluding hydrogens is 240 g/mol. The normalized spacial score (nSPS) is 13.3. The number of aliphatic carboxylic acids is 1. The van der Waals surface area contributed by atoms with Crippen molar-refractivity contribution in [1.82, 2.24) is 10.6 Å². The van der Waals surface area contributed by atoms with Crippen LogP contribution in [0.25, 0.3) is 0 Å². The summed E-state index contributed by atoms with van der Waals surface area (Å²) in [5.41, 5.74) is -1.30. The Morgan fingerprint density at radius 1 is 1.33 bits per heavy atom. The highest BCUT2D eigenvalue weighted by atomic mass is 16.5. The third-order valence-electron chi connectivity index (χ3n) is 2.45. The lowest BCUT2D eigenvalue weighted by Crippen LogP contribution is -2.55. The third kappa shape index (κ3) is 5.51.